The van der Waals surface area contributed by atoms with Crippen LogP contribution in [-0.2, 0) is 6.42 Å². The number of anilines is 3. The van der Waals surface area contributed by atoms with Gasteiger partial charge in [0.2, 0.25) is 5.95 Å². The van der Waals surface area contributed by atoms with Gasteiger partial charge in [-0.3, -0.25) is 0 Å². The number of rotatable bonds is 8. The molecule has 1 N–H and O–H groups in total. The smallest absolute Gasteiger partial charge is 0.249 e. The van der Waals surface area contributed by atoms with Crippen molar-refractivity contribution in [1.82, 2.24) is 15.2 Å². The van der Waals surface area contributed by atoms with Gasteiger partial charge in [-0.25, -0.2) is 0 Å². The molecular weight excluding hydrogens is 286 g/mol. The number of para-hydroxylation sites is 1. The lowest BCUT2D eigenvalue weighted by Crippen LogP contribution is -2.26. The SMILES string of the molecule is CCCN(CCC)c1cnnc(Nc2c(C)cccc2CC)n1. The molecule has 1 aromatic heterocycles. The summed E-state index contributed by atoms with van der Waals surface area (Å²) in [5.41, 5.74) is 3.54. The Kier molecular flexibility index (Phi) is 6.32. The van der Waals surface area contributed by atoms with Crippen molar-refractivity contribution in [3.63, 3.8) is 0 Å². The number of nitrogens with one attached hydrogen (secondary N) is 1. The van der Waals surface area contributed by atoms with Gasteiger partial charge in [0, 0.05) is 18.8 Å². The fourth-order valence-electron chi connectivity index (χ4n) is 2.69. The highest BCUT2D eigenvalue weighted by Gasteiger charge is 2.10. The minimum absolute atomic E-state index is 0.559. The molecule has 0 saturated heterocycles. The van der Waals surface area contributed by atoms with Crippen molar-refractivity contribution >= 4 is 17.5 Å². The lowest BCUT2D eigenvalue weighted by atomic mass is 10.1. The average Bonchev–Trinajstić information content (AvgIpc) is 2.57. The number of hydrogen-bond donors (Lipinski definition) is 1. The molecule has 124 valence electrons. The van der Waals surface area contributed by atoms with Crippen molar-refractivity contribution in [2.75, 3.05) is 23.3 Å². The largest absolute Gasteiger partial charge is 0.355 e. The van der Waals surface area contributed by atoms with Crippen molar-refractivity contribution in [3.8, 4) is 0 Å². The maximum absolute atomic E-state index is 4.66. The van der Waals surface area contributed by atoms with Gasteiger partial charge in [0.1, 0.15) is 0 Å². The van der Waals surface area contributed by atoms with Gasteiger partial charge in [0.05, 0.1) is 6.20 Å². The Balaban J connectivity index is 2.26. The lowest BCUT2D eigenvalue weighted by Gasteiger charge is -2.22. The quantitative estimate of drug-likeness (QED) is 0.794. The Morgan fingerprint density at radius 3 is 2.48 bits per heavy atom. The Morgan fingerprint density at radius 1 is 1.09 bits per heavy atom. The lowest BCUT2D eigenvalue weighted by molar-refractivity contribution is 0.728. The van der Waals surface area contributed by atoms with Crippen LogP contribution in [0.5, 0.6) is 0 Å². The van der Waals surface area contributed by atoms with E-state index in [1.807, 2.05) is 0 Å². The summed E-state index contributed by atoms with van der Waals surface area (Å²) in [4.78, 5) is 6.93. The van der Waals surface area contributed by atoms with E-state index < -0.39 is 0 Å². The molecule has 0 aliphatic heterocycles. The molecule has 5 heteroatoms. The molecule has 2 aromatic rings. The highest BCUT2D eigenvalue weighted by molar-refractivity contribution is 5.63. The third kappa shape index (κ3) is 4.41. The van der Waals surface area contributed by atoms with Crippen molar-refractivity contribution in [2.24, 2.45) is 0 Å². The molecule has 1 aromatic carbocycles. The average molecular weight is 313 g/mol. The molecule has 0 aliphatic rings. The summed E-state index contributed by atoms with van der Waals surface area (Å²) in [5.74, 6) is 1.45. The Morgan fingerprint density at radius 2 is 1.83 bits per heavy atom. The normalized spacial score (nSPS) is 10.6. The zero-order valence-electron chi connectivity index (χ0n) is 14.6. The van der Waals surface area contributed by atoms with Gasteiger partial charge in [0.15, 0.2) is 5.82 Å². The molecule has 0 fully saturated rings. The number of aryl methyl sites for hydroxylation is 2. The van der Waals surface area contributed by atoms with Gasteiger partial charge >= 0.3 is 0 Å². The van der Waals surface area contributed by atoms with Crippen LogP contribution in [0.2, 0.25) is 0 Å². The third-order valence-corrected chi connectivity index (χ3v) is 3.83. The Hall–Kier alpha value is -2.17. The van der Waals surface area contributed by atoms with E-state index in [0.29, 0.717) is 5.95 Å². The first-order valence-electron chi connectivity index (χ1n) is 8.49. The van der Waals surface area contributed by atoms with Gasteiger partial charge in [-0.15, -0.1) is 5.10 Å². The van der Waals surface area contributed by atoms with Crippen LogP contribution in [0.25, 0.3) is 0 Å². The van der Waals surface area contributed by atoms with Crippen LogP contribution in [0.3, 0.4) is 0 Å². The van der Waals surface area contributed by atoms with Gasteiger partial charge in [0.25, 0.3) is 0 Å². The van der Waals surface area contributed by atoms with E-state index in [-0.39, 0.29) is 0 Å². The van der Waals surface area contributed by atoms with Crippen LogP contribution in [0.1, 0.15) is 44.7 Å². The molecule has 5 nitrogen and oxygen atoms in total. The van der Waals surface area contributed by atoms with E-state index in [9.17, 15) is 0 Å². The van der Waals surface area contributed by atoms with E-state index in [1.165, 1.54) is 11.1 Å². The number of hydrogen-bond acceptors (Lipinski definition) is 5. The van der Waals surface area contributed by atoms with E-state index in [4.69, 9.17) is 0 Å². The topological polar surface area (TPSA) is 53.9 Å². The number of benzene rings is 1. The second-order valence-electron chi connectivity index (χ2n) is 5.71. The van der Waals surface area contributed by atoms with E-state index in [2.05, 4.69) is 71.3 Å². The van der Waals surface area contributed by atoms with Gasteiger partial charge in [-0.1, -0.05) is 39.0 Å². The first kappa shape index (κ1) is 17.2. The van der Waals surface area contributed by atoms with Crippen molar-refractivity contribution in [2.45, 2.75) is 47.0 Å². The maximum atomic E-state index is 4.66. The molecule has 1 heterocycles. The first-order chi connectivity index (χ1) is 11.2. The molecule has 2 rings (SSSR count). The van der Waals surface area contributed by atoms with Crippen LogP contribution in [0.15, 0.2) is 24.4 Å². The zero-order valence-corrected chi connectivity index (χ0v) is 14.6. The number of aromatic nitrogens is 3. The molecule has 0 aliphatic carbocycles. The highest BCUT2D eigenvalue weighted by Crippen LogP contribution is 2.24. The van der Waals surface area contributed by atoms with E-state index in [1.54, 1.807) is 6.20 Å². The summed E-state index contributed by atoms with van der Waals surface area (Å²) < 4.78 is 0. The predicted molar refractivity (Wildman–Crippen MR) is 96.5 cm³/mol. The van der Waals surface area contributed by atoms with Crippen LogP contribution in [0.4, 0.5) is 17.5 Å². The fourth-order valence-corrected chi connectivity index (χ4v) is 2.69. The standard InChI is InChI=1S/C18H27N5/c1-5-11-23(12-6-2)16-13-19-22-18(20-16)21-17-14(4)9-8-10-15(17)7-3/h8-10,13H,5-7,11-12H2,1-4H3,(H,20,21,22). The van der Waals surface area contributed by atoms with Gasteiger partial charge in [-0.2, -0.15) is 10.1 Å². The Bertz CT molecular complexity index is 621. The molecule has 0 radical (unpaired) electrons. The molecule has 0 saturated carbocycles. The van der Waals surface area contributed by atoms with Crippen LogP contribution in [0, 0.1) is 6.92 Å². The molecule has 0 unspecified atom stereocenters. The summed E-state index contributed by atoms with van der Waals surface area (Å²) in [7, 11) is 0. The monoisotopic (exact) mass is 313 g/mol. The van der Waals surface area contributed by atoms with Crippen LogP contribution >= 0.6 is 0 Å². The maximum Gasteiger partial charge on any atom is 0.249 e. The minimum atomic E-state index is 0.559. The Labute approximate surface area is 139 Å². The predicted octanol–water partition coefficient (Wildman–Crippen LogP) is 4.11. The summed E-state index contributed by atoms with van der Waals surface area (Å²) in [6, 6.07) is 6.31. The van der Waals surface area contributed by atoms with Gasteiger partial charge in [-0.05, 0) is 37.3 Å². The van der Waals surface area contributed by atoms with Crippen molar-refractivity contribution in [3.05, 3.63) is 35.5 Å². The second-order valence-corrected chi connectivity index (χ2v) is 5.71. The van der Waals surface area contributed by atoms with Crippen LogP contribution in [-0.4, -0.2) is 28.3 Å². The minimum Gasteiger partial charge on any atom is -0.355 e. The zero-order chi connectivity index (χ0) is 16.7. The summed E-state index contributed by atoms with van der Waals surface area (Å²) >= 11 is 0. The second kappa shape index (κ2) is 8.46. The van der Waals surface area contributed by atoms with Crippen molar-refractivity contribution in [1.29, 1.82) is 0 Å². The van der Waals surface area contributed by atoms with E-state index >= 15 is 0 Å². The fraction of sp³-hybridized carbons (Fsp3) is 0.500. The molecule has 0 spiro atoms. The first-order valence-corrected chi connectivity index (χ1v) is 8.49. The molecule has 0 amide bonds. The summed E-state index contributed by atoms with van der Waals surface area (Å²) in [6.07, 6.45) is 4.89. The number of nitrogens with zero attached hydrogens (tertiary/aromatic N) is 4. The van der Waals surface area contributed by atoms with Gasteiger partial charge < -0.3 is 10.2 Å². The summed E-state index contributed by atoms with van der Waals surface area (Å²) in [5, 5.41) is 11.6. The molecular formula is C18H27N5. The van der Waals surface area contributed by atoms with E-state index in [0.717, 1.165) is 43.9 Å². The highest BCUT2D eigenvalue weighted by atomic mass is 15.3. The van der Waals surface area contributed by atoms with Crippen molar-refractivity contribution < 1.29 is 0 Å². The molecule has 0 atom stereocenters. The molecule has 23 heavy (non-hydrogen) atoms. The summed E-state index contributed by atoms with van der Waals surface area (Å²) in [6.45, 7) is 10.6. The molecule has 0 bridgehead atoms. The van der Waals surface area contributed by atoms with Crippen LogP contribution < -0.4 is 10.2 Å². The third-order valence-electron chi connectivity index (χ3n) is 3.83.